The zero-order valence-electron chi connectivity index (χ0n) is 13.0. The van der Waals surface area contributed by atoms with Gasteiger partial charge in [-0.1, -0.05) is 19.8 Å². The van der Waals surface area contributed by atoms with Crippen molar-refractivity contribution in [2.45, 2.75) is 45.4 Å². The molecule has 0 aromatic carbocycles. The second-order valence-corrected chi connectivity index (χ2v) is 6.69. The Labute approximate surface area is 127 Å². The van der Waals surface area contributed by atoms with Crippen LogP contribution in [0.3, 0.4) is 0 Å². The minimum Gasteiger partial charge on any atom is -0.481 e. The number of hydrogen-bond donors (Lipinski definition) is 2. The molecule has 2 fully saturated rings. The highest BCUT2D eigenvalue weighted by Gasteiger charge is 2.35. The minimum atomic E-state index is -0.819. The van der Waals surface area contributed by atoms with Crippen LogP contribution in [0.15, 0.2) is 0 Å². The molecule has 21 heavy (non-hydrogen) atoms. The average molecular weight is 296 g/mol. The predicted octanol–water partition coefficient (Wildman–Crippen LogP) is 1.73. The molecule has 1 amide bonds. The lowest BCUT2D eigenvalue weighted by Crippen LogP contribution is -2.42. The fourth-order valence-electron chi connectivity index (χ4n) is 3.62. The highest BCUT2D eigenvalue weighted by Crippen LogP contribution is 2.30. The van der Waals surface area contributed by atoms with Crippen LogP contribution < -0.4 is 5.32 Å². The van der Waals surface area contributed by atoms with Gasteiger partial charge in [-0.3, -0.25) is 9.59 Å². The summed E-state index contributed by atoms with van der Waals surface area (Å²) in [6.07, 6.45) is 5.79. The molecule has 0 aromatic heterocycles. The molecule has 120 valence electrons. The summed E-state index contributed by atoms with van der Waals surface area (Å²) in [6.45, 7) is 6.16. The van der Waals surface area contributed by atoms with Crippen molar-refractivity contribution in [2.75, 3.05) is 26.2 Å². The van der Waals surface area contributed by atoms with Crippen molar-refractivity contribution in [3.05, 3.63) is 0 Å². The third-order valence-electron chi connectivity index (χ3n) is 4.81. The molecule has 2 rings (SSSR count). The van der Waals surface area contributed by atoms with E-state index in [0.717, 1.165) is 19.4 Å². The van der Waals surface area contributed by atoms with Gasteiger partial charge in [-0.25, -0.2) is 0 Å². The molecule has 5 nitrogen and oxygen atoms in total. The first kappa shape index (κ1) is 16.3. The van der Waals surface area contributed by atoms with Crippen LogP contribution in [0.4, 0.5) is 0 Å². The number of nitrogens with one attached hydrogen (secondary N) is 1. The van der Waals surface area contributed by atoms with Crippen molar-refractivity contribution in [1.82, 2.24) is 10.2 Å². The maximum Gasteiger partial charge on any atom is 0.307 e. The van der Waals surface area contributed by atoms with Crippen LogP contribution in [0.25, 0.3) is 0 Å². The van der Waals surface area contributed by atoms with Crippen molar-refractivity contribution in [3.8, 4) is 0 Å². The zero-order chi connectivity index (χ0) is 15.2. The van der Waals surface area contributed by atoms with Crippen molar-refractivity contribution in [2.24, 2.45) is 17.8 Å². The van der Waals surface area contributed by atoms with Crippen LogP contribution >= 0.6 is 0 Å². The Morgan fingerprint density at radius 2 is 1.76 bits per heavy atom. The van der Waals surface area contributed by atoms with Gasteiger partial charge in [0.2, 0.25) is 5.91 Å². The van der Waals surface area contributed by atoms with E-state index in [9.17, 15) is 14.7 Å². The lowest BCUT2D eigenvalue weighted by atomic mass is 9.78. The molecular weight excluding hydrogens is 268 g/mol. The van der Waals surface area contributed by atoms with Gasteiger partial charge in [-0.2, -0.15) is 0 Å². The highest BCUT2D eigenvalue weighted by atomic mass is 16.4. The van der Waals surface area contributed by atoms with E-state index in [4.69, 9.17) is 0 Å². The summed E-state index contributed by atoms with van der Waals surface area (Å²) >= 11 is 0. The molecule has 1 saturated carbocycles. The lowest BCUT2D eigenvalue weighted by Gasteiger charge is -2.28. The number of rotatable bonds is 6. The Bertz CT molecular complexity index is 367. The summed E-state index contributed by atoms with van der Waals surface area (Å²) in [6, 6.07) is 0. The van der Waals surface area contributed by atoms with Crippen molar-refractivity contribution < 1.29 is 14.7 Å². The SMILES string of the molecule is CC(CNC(=O)C1CCCCC1C(=O)O)CN1CCCC1. The largest absolute Gasteiger partial charge is 0.481 e. The lowest BCUT2D eigenvalue weighted by molar-refractivity contribution is -0.148. The molecule has 0 bridgehead atoms. The molecule has 2 aliphatic rings. The number of carboxylic acid groups (broad SMARTS) is 1. The van der Waals surface area contributed by atoms with Crippen LogP contribution in [-0.4, -0.2) is 48.1 Å². The molecule has 3 atom stereocenters. The number of carboxylic acids is 1. The third kappa shape index (κ3) is 4.70. The van der Waals surface area contributed by atoms with Crippen molar-refractivity contribution >= 4 is 11.9 Å². The predicted molar refractivity (Wildman–Crippen MR) is 80.9 cm³/mol. The summed E-state index contributed by atoms with van der Waals surface area (Å²) in [4.78, 5) is 26.0. The molecule has 1 heterocycles. The molecule has 0 aromatic rings. The molecule has 0 spiro atoms. The van der Waals surface area contributed by atoms with Gasteiger partial charge in [-0.15, -0.1) is 0 Å². The van der Waals surface area contributed by atoms with E-state index in [-0.39, 0.29) is 11.8 Å². The van der Waals surface area contributed by atoms with E-state index in [1.165, 1.54) is 25.9 Å². The first-order chi connectivity index (χ1) is 10.1. The van der Waals surface area contributed by atoms with E-state index in [0.29, 0.717) is 25.3 Å². The summed E-state index contributed by atoms with van der Waals surface area (Å²) in [7, 11) is 0. The van der Waals surface area contributed by atoms with Gasteiger partial charge in [0.25, 0.3) is 0 Å². The number of carbonyl (C=O) groups is 2. The number of likely N-dealkylation sites (tertiary alicyclic amines) is 1. The van der Waals surface area contributed by atoms with E-state index < -0.39 is 11.9 Å². The Morgan fingerprint density at radius 3 is 2.38 bits per heavy atom. The maximum atomic E-state index is 12.3. The summed E-state index contributed by atoms with van der Waals surface area (Å²) < 4.78 is 0. The van der Waals surface area contributed by atoms with E-state index in [1.54, 1.807) is 0 Å². The molecule has 2 N–H and O–H groups in total. The monoisotopic (exact) mass is 296 g/mol. The number of amides is 1. The summed E-state index contributed by atoms with van der Waals surface area (Å²) in [5.74, 6) is -1.29. The number of aliphatic carboxylic acids is 1. The Kier molecular flexibility index (Phi) is 6.03. The molecule has 1 saturated heterocycles. The van der Waals surface area contributed by atoms with Gasteiger partial charge in [0.1, 0.15) is 0 Å². The second kappa shape index (κ2) is 7.78. The fourth-order valence-corrected chi connectivity index (χ4v) is 3.62. The van der Waals surface area contributed by atoms with Crippen LogP contribution in [0, 0.1) is 17.8 Å². The van der Waals surface area contributed by atoms with Gasteiger partial charge >= 0.3 is 5.97 Å². The average Bonchev–Trinajstić information content (AvgIpc) is 2.97. The molecule has 5 heteroatoms. The number of carbonyl (C=O) groups excluding carboxylic acids is 1. The van der Waals surface area contributed by atoms with E-state index in [2.05, 4.69) is 17.1 Å². The van der Waals surface area contributed by atoms with Crippen molar-refractivity contribution in [3.63, 3.8) is 0 Å². The van der Waals surface area contributed by atoms with E-state index in [1.807, 2.05) is 0 Å². The maximum absolute atomic E-state index is 12.3. The van der Waals surface area contributed by atoms with Gasteiger partial charge in [0.15, 0.2) is 0 Å². The smallest absolute Gasteiger partial charge is 0.307 e. The minimum absolute atomic E-state index is 0.0598. The number of hydrogen-bond acceptors (Lipinski definition) is 3. The standard InChI is InChI=1S/C16H28N2O3/c1-12(11-18-8-4-5-9-18)10-17-15(19)13-6-2-3-7-14(13)16(20)21/h12-14H,2-11H2,1H3,(H,17,19)(H,20,21). The van der Waals surface area contributed by atoms with Crippen LogP contribution in [0.1, 0.15) is 45.4 Å². The quantitative estimate of drug-likeness (QED) is 0.783. The highest BCUT2D eigenvalue weighted by molar-refractivity contribution is 5.84. The van der Waals surface area contributed by atoms with Crippen LogP contribution in [-0.2, 0) is 9.59 Å². The normalized spacial score (nSPS) is 28.2. The van der Waals surface area contributed by atoms with Crippen molar-refractivity contribution in [1.29, 1.82) is 0 Å². The number of nitrogens with zero attached hydrogens (tertiary/aromatic N) is 1. The van der Waals surface area contributed by atoms with Crippen LogP contribution in [0.5, 0.6) is 0 Å². The van der Waals surface area contributed by atoms with Crippen LogP contribution in [0.2, 0.25) is 0 Å². The van der Waals surface area contributed by atoms with E-state index >= 15 is 0 Å². The topological polar surface area (TPSA) is 69.6 Å². The first-order valence-corrected chi connectivity index (χ1v) is 8.31. The second-order valence-electron chi connectivity index (χ2n) is 6.69. The zero-order valence-corrected chi connectivity index (χ0v) is 13.0. The summed E-state index contributed by atoms with van der Waals surface area (Å²) in [5, 5.41) is 12.2. The Hall–Kier alpha value is -1.10. The third-order valence-corrected chi connectivity index (χ3v) is 4.81. The molecule has 1 aliphatic carbocycles. The first-order valence-electron chi connectivity index (χ1n) is 8.31. The fraction of sp³-hybridized carbons (Fsp3) is 0.875. The molecule has 3 unspecified atom stereocenters. The van der Waals surface area contributed by atoms with Gasteiger partial charge in [-0.05, 0) is 44.7 Å². The molecule has 0 radical (unpaired) electrons. The molecular formula is C16H28N2O3. The van der Waals surface area contributed by atoms with Gasteiger partial charge < -0.3 is 15.3 Å². The van der Waals surface area contributed by atoms with Gasteiger partial charge in [0.05, 0.1) is 11.8 Å². The Morgan fingerprint density at radius 1 is 1.14 bits per heavy atom. The van der Waals surface area contributed by atoms with Gasteiger partial charge in [0, 0.05) is 13.1 Å². The Balaban J connectivity index is 1.75. The molecule has 1 aliphatic heterocycles. The summed E-state index contributed by atoms with van der Waals surface area (Å²) in [5.41, 5.74) is 0.